The number of nitrogen functional groups attached to an aromatic ring is 1. The van der Waals surface area contributed by atoms with Gasteiger partial charge in [-0.05, 0) is 12.1 Å². The first kappa shape index (κ1) is 13.1. The first-order valence-corrected chi connectivity index (χ1v) is 7.63. The number of fused-ring (bicyclic) bond motifs is 1. The van der Waals surface area contributed by atoms with Crippen molar-refractivity contribution in [1.82, 2.24) is 13.9 Å². The van der Waals surface area contributed by atoms with Crippen LogP contribution in [0.5, 0.6) is 0 Å². The van der Waals surface area contributed by atoms with Crippen LogP contribution in [0, 0.1) is 0 Å². The van der Waals surface area contributed by atoms with E-state index in [9.17, 15) is 8.42 Å². The molecule has 0 atom stereocenters. The van der Waals surface area contributed by atoms with Crippen LogP contribution in [-0.4, -0.2) is 28.8 Å². The Kier molecular flexibility index (Phi) is 3.20. The van der Waals surface area contributed by atoms with Crippen LogP contribution < -0.4 is 11.3 Å². The molecular weight excluding hydrogens is 278 g/mol. The van der Waals surface area contributed by atoms with Crippen molar-refractivity contribution in [3.63, 3.8) is 0 Å². The highest BCUT2D eigenvalue weighted by Crippen LogP contribution is 2.26. The summed E-state index contributed by atoms with van der Waals surface area (Å²) >= 11 is 0. The second kappa shape index (κ2) is 4.89. The van der Waals surface area contributed by atoms with Gasteiger partial charge in [0, 0.05) is 25.5 Å². The van der Waals surface area contributed by atoms with Crippen LogP contribution in [-0.2, 0) is 23.1 Å². The standard InChI is InChI=1S/C12H15N5O2S/c13-15-10-3-1-2-4-11(10)20(18,19)17-8-7-16-6-5-14-12(16)9-17/h1-6,15H,7-9,13H2. The Labute approximate surface area is 117 Å². The van der Waals surface area contributed by atoms with Crippen LogP contribution in [0.4, 0.5) is 5.69 Å². The molecule has 20 heavy (non-hydrogen) atoms. The molecular formula is C12H15N5O2S. The minimum absolute atomic E-state index is 0.183. The zero-order chi connectivity index (χ0) is 14.2. The van der Waals surface area contributed by atoms with E-state index < -0.39 is 10.0 Å². The fraction of sp³-hybridized carbons (Fsp3) is 0.250. The summed E-state index contributed by atoms with van der Waals surface area (Å²) in [5, 5.41) is 0. The molecule has 1 aromatic heterocycles. The number of nitrogens with two attached hydrogens (primary N) is 1. The van der Waals surface area contributed by atoms with Gasteiger partial charge < -0.3 is 9.99 Å². The van der Waals surface area contributed by atoms with Crippen molar-refractivity contribution in [3.05, 3.63) is 42.5 Å². The predicted octanol–water partition coefficient (Wildman–Crippen LogP) is 0.373. The predicted molar refractivity (Wildman–Crippen MR) is 74.1 cm³/mol. The summed E-state index contributed by atoms with van der Waals surface area (Å²) in [4.78, 5) is 4.36. The molecule has 8 heteroatoms. The zero-order valence-electron chi connectivity index (χ0n) is 10.7. The Hall–Kier alpha value is -1.90. The Morgan fingerprint density at radius 1 is 1.25 bits per heavy atom. The van der Waals surface area contributed by atoms with Gasteiger partial charge in [0.2, 0.25) is 10.0 Å². The fourth-order valence-electron chi connectivity index (χ4n) is 2.31. The Balaban J connectivity index is 1.97. The lowest BCUT2D eigenvalue weighted by Gasteiger charge is -2.27. The first-order valence-electron chi connectivity index (χ1n) is 6.19. The lowest BCUT2D eigenvalue weighted by molar-refractivity contribution is 0.335. The van der Waals surface area contributed by atoms with Crippen LogP contribution in [0.15, 0.2) is 41.6 Å². The largest absolute Gasteiger partial charge is 0.333 e. The molecule has 106 valence electrons. The molecule has 0 bridgehead atoms. The van der Waals surface area contributed by atoms with E-state index >= 15 is 0 Å². The number of benzene rings is 1. The molecule has 2 aromatic rings. The normalized spacial score (nSPS) is 15.8. The summed E-state index contributed by atoms with van der Waals surface area (Å²) in [5.41, 5.74) is 2.82. The number of imidazole rings is 1. The van der Waals surface area contributed by atoms with Crippen LogP contribution >= 0.6 is 0 Å². The maximum Gasteiger partial charge on any atom is 0.245 e. The van der Waals surface area contributed by atoms with Gasteiger partial charge in [-0.1, -0.05) is 12.1 Å². The van der Waals surface area contributed by atoms with E-state index in [1.807, 2.05) is 10.8 Å². The van der Waals surface area contributed by atoms with Gasteiger partial charge in [0.15, 0.2) is 0 Å². The lowest BCUT2D eigenvalue weighted by Crippen LogP contribution is -2.38. The second-order valence-corrected chi connectivity index (χ2v) is 6.42. The van der Waals surface area contributed by atoms with E-state index in [1.54, 1.807) is 30.5 Å². The summed E-state index contributed by atoms with van der Waals surface area (Å²) < 4.78 is 28.8. The number of para-hydroxylation sites is 1. The monoisotopic (exact) mass is 293 g/mol. The highest BCUT2D eigenvalue weighted by atomic mass is 32.2. The third-order valence-corrected chi connectivity index (χ3v) is 5.27. The lowest BCUT2D eigenvalue weighted by atomic mass is 10.3. The SMILES string of the molecule is NNc1ccccc1S(=O)(=O)N1CCn2ccnc2C1. The van der Waals surface area contributed by atoms with Crippen LogP contribution in [0.3, 0.4) is 0 Å². The number of hydrogen-bond acceptors (Lipinski definition) is 5. The number of nitrogens with zero attached hydrogens (tertiary/aromatic N) is 3. The van der Waals surface area contributed by atoms with Gasteiger partial charge in [0.05, 0.1) is 12.2 Å². The van der Waals surface area contributed by atoms with Crippen molar-refractivity contribution in [3.8, 4) is 0 Å². The maximum atomic E-state index is 12.7. The number of hydrogen-bond donors (Lipinski definition) is 2. The van der Waals surface area contributed by atoms with Gasteiger partial charge in [-0.15, -0.1) is 0 Å². The molecule has 0 aliphatic carbocycles. The van der Waals surface area contributed by atoms with Gasteiger partial charge in [-0.3, -0.25) is 5.84 Å². The summed E-state index contributed by atoms with van der Waals surface area (Å²) in [6, 6.07) is 6.60. The van der Waals surface area contributed by atoms with Crippen molar-refractivity contribution in [2.24, 2.45) is 5.84 Å². The van der Waals surface area contributed by atoms with Crippen LogP contribution in [0.1, 0.15) is 5.82 Å². The minimum atomic E-state index is -3.59. The maximum absolute atomic E-state index is 12.7. The molecule has 2 heterocycles. The van der Waals surface area contributed by atoms with Gasteiger partial charge in [-0.25, -0.2) is 13.4 Å². The van der Waals surface area contributed by atoms with Crippen molar-refractivity contribution in [1.29, 1.82) is 0 Å². The number of hydrazine groups is 1. The highest BCUT2D eigenvalue weighted by Gasteiger charge is 2.30. The molecule has 1 aromatic carbocycles. The molecule has 0 radical (unpaired) electrons. The Bertz CT molecular complexity index is 725. The van der Waals surface area contributed by atoms with Gasteiger partial charge in [0.25, 0.3) is 0 Å². The van der Waals surface area contributed by atoms with Gasteiger partial charge >= 0.3 is 0 Å². The van der Waals surface area contributed by atoms with Gasteiger partial charge in [-0.2, -0.15) is 4.31 Å². The van der Waals surface area contributed by atoms with Crippen molar-refractivity contribution < 1.29 is 8.42 Å². The molecule has 1 aliphatic rings. The average Bonchev–Trinajstić information content (AvgIpc) is 2.94. The average molecular weight is 293 g/mol. The molecule has 0 saturated carbocycles. The van der Waals surface area contributed by atoms with E-state index in [0.29, 0.717) is 18.8 Å². The molecule has 3 N–H and O–H groups in total. The van der Waals surface area contributed by atoms with Crippen molar-refractivity contribution in [2.45, 2.75) is 18.0 Å². The molecule has 1 aliphatic heterocycles. The zero-order valence-corrected chi connectivity index (χ0v) is 11.5. The van der Waals surface area contributed by atoms with Gasteiger partial charge in [0.1, 0.15) is 10.7 Å². The molecule has 7 nitrogen and oxygen atoms in total. The second-order valence-electron chi connectivity index (χ2n) is 4.52. The Morgan fingerprint density at radius 3 is 2.85 bits per heavy atom. The van der Waals surface area contributed by atoms with E-state index in [4.69, 9.17) is 5.84 Å². The van der Waals surface area contributed by atoms with Crippen molar-refractivity contribution >= 4 is 15.7 Å². The molecule has 0 saturated heterocycles. The minimum Gasteiger partial charge on any atom is -0.333 e. The van der Waals surface area contributed by atoms with E-state index in [2.05, 4.69) is 10.4 Å². The van der Waals surface area contributed by atoms with E-state index in [1.165, 1.54) is 4.31 Å². The van der Waals surface area contributed by atoms with Crippen molar-refractivity contribution in [2.75, 3.05) is 12.0 Å². The molecule has 0 spiro atoms. The van der Waals surface area contributed by atoms with Crippen LogP contribution in [0.25, 0.3) is 0 Å². The van der Waals surface area contributed by atoms with Crippen LogP contribution in [0.2, 0.25) is 0 Å². The number of sulfonamides is 1. The highest BCUT2D eigenvalue weighted by molar-refractivity contribution is 7.89. The topological polar surface area (TPSA) is 93.2 Å². The smallest absolute Gasteiger partial charge is 0.245 e. The molecule has 3 rings (SSSR count). The number of anilines is 1. The summed E-state index contributed by atoms with van der Waals surface area (Å²) in [6.07, 6.45) is 3.54. The first-order chi connectivity index (χ1) is 9.63. The number of nitrogens with one attached hydrogen (secondary N) is 1. The third-order valence-electron chi connectivity index (χ3n) is 3.37. The summed E-state index contributed by atoms with van der Waals surface area (Å²) in [6.45, 7) is 1.30. The van der Waals surface area contributed by atoms with E-state index in [0.717, 1.165) is 5.82 Å². The molecule has 0 unspecified atom stereocenters. The summed E-state index contributed by atoms with van der Waals surface area (Å²) in [7, 11) is -3.59. The fourth-order valence-corrected chi connectivity index (χ4v) is 3.85. The summed E-state index contributed by atoms with van der Waals surface area (Å²) in [5.74, 6) is 6.14. The number of aromatic nitrogens is 2. The number of rotatable bonds is 3. The third kappa shape index (κ3) is 2.07. The Morgan fingerprint density at radius 2 is 2.05 bits per heavy atom. The van der Waals surface area contributed by atoms with E-state index in [-0.39, 0.29) is 11.4 Å². The quantitative estimate of drug-likeness (QED) is 0.630. The molecule has 0 amide bonds. The molecule has 0 fully saturated rings.